The number of carbonyl (C=O) groups excluding carboxylic acids is 1. The van der Waals surface area contributed by atoms with Gasteiger partial charge in [-0.3, -0.25) is 4.79 Å². The molecule has 5 rings (SSSR count). The van der Waals surface area contributed by atoms with Gasteiger partial charge in [0, 0.05) is 12.6 Å². The number of benzene rings is 2. The number of hydrogen-bond donors (Lipinski definition) is 2. The third-order valence-electron chi connectivity index (χ3n) is 6.01. The first-order valence-corrected chi connectivity index (χ1v) is 11.3. The van der Waals surface area contributed by atoms with Crippen molar-refractivity contribution in [2.45, 2.75) is 26.5 Å². The number of hydrogen-bond acceptors (Lipinski definition) is 6. The molecule has 1 aliphatic rings. The Bertz CT molecular complexity index is 1450. The van der Waals surface area contributed by atoms with Crippen LogP contribution in [0.5, 0.6) is 17.4 Å². The van der Waals surface area contributed by atoms with Gasteiger partial charge in [0.15, 0.2) is 11.5 Å². The molecule has 0 saturated heterocycles. The first-order valence-electron chi connectivity index (χ1n) is 11.3. The molecule has 3 heterocycles. The van der Waals surface area contributed by atoms with Gasteiger partial charge in [0.1, 0.15) is 18.2 Å². The van der Waals surface area contributed by atoms with Gasteiger partial charge in [0.05, 0.1) is 28.4 Å². The van der Waals surface area contributed by atoms with Gasteiger partial charge in [0.2, 0.25) is 12.7 Å². The molecular weight excluding hydrogens is 470 g/mol. The Morgan fingerprint density at radius 2 is 1.89 bits per heavy atom. The summed E-state index contributed by atoms with van der Waals surface area (Å²) in [7, 11) is 0. The summed E-state index contributed by atoms with van der Waals surface area (Å²) in [5.74, 6) is -0.291. The van der Waals surface area contributed by atoms with Crippen LogP contribution in [0.15, 0.2) is 48.5 Å². The second-order valence-corrected chi connectivity index (χ2v) is 8.49. The Kier molecular flexibility index (Phi) is 6.19. The smallest absolute Gasteiger partial charge is 0.255 e. The van der Waals surface area contributed by atoms with Gasteiger partial charge >= 0.3 is 0 Å². The van der Waals surface area contributed by atoms with Crippen molar-refractivity contribution < 1.29 is 27.8 Å². The molecule has 186 valence electrons. The highest BCUT2D eigenvalue weighted by molar-refractivity contribution is 6.02. The van der Waals surface area contributed by atoms with Crippen LogP contribution in [-0.4, -0.2) is 28.9 Å². The average molecular weight is 494 g/mol. The lowest BCUT2D eigenvalue weighted by molar-refractivity contribution is 0.0938. The standard InChI is InChI=1S/C26H24F2N4O4/c1-14-8-21-25(26(33)30-20(11-29)16-6-7-22-23(10-16)36-13-35-22)15(2)31-32(21)24(9-14)34-12-17-18(27)4-3-5-19(17)28/h3-10,20H,11-13,29H2,1-2H3,(H,30,33). The number of aromatic nitrogens is 2. The minimum Gasteiger partial charge on any atom is -0.473 e. The normalized spacial score (nSPS) is 13.1. The van der Waals surface area contributed by atoms with Crippen LogP contribution in [-0.2, 0) is 6.61 Å². The van der Waals surface area contributed by atoms with Crippen LogP contribution in [0.2, 0.25) is 0 Å². The van der Waals surface area contributed by atoms with Crippen LogP contribution in [0.4, 0.5) is 8.78 Å². The molecule has 0 saturated carbocycles. The SMILES string of the molecule is Cc1cc(OCc2c(F)cccc2F)n2nc(C)c(C(=O)NC(CN)c3ccc4c(c3)OCO4)c2c1. The summed E-state index contributed by atoms with van der Waals surface area (Å²) in [5, 5.41) is 7.43. The summed E-state index contributed by atoms with van der Waals surface area (Å²) in [5.41, 5.74) is 8.65. The lowest BCUT2D eigenvalue weighted by Crippen LogP contribution is -2.33. The number of rotatable bonds is 7. The molecular formula is C26H24F2N4O4. The predicted molar refractivity (Wildman–Crippen MR) is 127 cm³/mol. The molecule has 1 amide bonds. The molecule has 3 N–H and O–H groups in total. The third-order valence-corrected chi connectivity index (χ3v) is 6.01. The van der Waals surface area contributed by atoms with Crippen LogP contribution >= 0.6 is 0 Å². The summed E-state index contributed by atoms with van der Waals surface area (Å²) >= 11 is 0. The van der Waals surface area contributed by atoms with Crippen molar-refractivity contribution in [3.63, 3.8) is 0 Å². The van der Waals surface area contributed by atoms with Crippen LogP contribution in [0.1, 0.15) is 38.8 Å². The van der Waals surface area contributed by atoms with Gasteiger partial charge in [-0.25, -0.2) is 8.78 Å². The molecule has 0 radical (unpaired) electrons. The lowest BCUT2D eigenvalue weighted by atomic mass is 10.0. The maximum absolute atomic E-state index is 14.1. The maximum Gasteiger partial charge on any atom is 0.255 e. The van der Waals surface area contributed by atoms with Crippen LogP contribution in [0, 0.1) is 25.5 Å². The number of pyridine rings is 1. The molecule has 8 nitrogen and oxygen atoms in total. The van der Waals surface area contributed by atoms with E-state index in [0.29, 0.717) is 28.3 Å². The molecule has 0 aliphatic carbocycles. The molecule has 1 atom stereocenters. The number of aryl methyl sites for hydroxylation is 2. The van der Waals surface area contributed by atoms with E-state index in [9.17, 15) is 13.6 Å². The zero-order valence-corrected chi connectivity index (χ0v) is 19.7. The fourth-order valence-electron chi connectivity index (χ4n) is 4.20. The first-order chi connectivity index (χ1) is 17.4. The predicted octanol–water partition coefficient (Wildman–Crippen LogP) is 3.97. The monoisotopic (exact) mass is 494 g/mol. The summed E-state index contributed by atoms with van der Waals surface area (Å²) in [6.45, 7) is 3.50. The van der Waals surface area contributed by atoms with Crippen LogP contribution in [0.3, 0.4) is 0 Å². The van der Waals surface area contributed by atoms with E-state index in [2.05, 4.69) is 10.4 Å². The van der Waals surface area contributed by atoms with Gasteiger partial charge in [-0.05, 0) is 55.3 Å². The number of nitrogens with two attached hydrogens (primary N) is 1. The van der Waals surface area contributed by atoms with E-state index in [1.165, 1.54) is 22.7 Å². The second kappa shape index (κ2) is 9.46. The lowest BCUT2D eigenvalue weighted by Gasteiger charge is -2.18. The summed E-state index contributed by atoms with van der Waals surface area (Å²) in [6.07, 6.45) is 0. The Morgan fingerprint density at radius 3 is 2.64 bits per heavy atom. The molecule has 0 spiro atoms. The second-order valence-electron chi connectivity index (χ2n) is 8.49. The van der Waals surface area contributed by atoms with Crippen molar-refractivity contribution in [3.05, 3.63) is 88.1 Å². The number of fused-ring (bicyclic) bond motifs is 2. The molecule has 1 unspecified atom stereocenters. The first kappa shape index (κ1) is 23.6. The number of carbonyl (C=O) groups is 1. The fraction of sp³-hybridized carbons (Fsp3) is 0.231. The fourth-order valence-corrected chi connectivity index (χ4v) is 4.20. The summed E-state index contributed by atoms with van der Waals surface area (Å²) in [4.78, 5) is 13.4. The number of nitrogens with one attached hydrogen (secondary N) is 1. The summed E-state index contributed by atoms with van der Waals surface area (Å²) in [6, 6.07) is 12.0. The molecule has 1 aliphatic heterocycles. The number of nitrogens with zero attached hydrogens (tertiary/aromatic N) is 2. The van der Waals surface area contributed by atoms with E-state index in [0.717, 1.165) is 11.1 Å². The Hall–Kier alpha value is -4.18. The van der Waals surface area contributed by atoms with E-state index in [1.807, 2.05) is 13.0 Å². The zero-order valence-electron chi connectivity index (χ0n) is 19.7. The molecule has 36 heavy (non-hydrogen) atoms. The molecule has 10 heteroatoms. The van der Waals surface area contributed by atoms with Crippen LogP contribution < -0.4 is 25.3 Å². The van der Waals surface area contributed by atoms with Crippen molar-refractivity contribution >= 4 is 11.4 Å². The van der Waals surface area contributed by atoms with Crippen molar-refractivity contribution in [3.8, 4) is 17.4 Å². The van der Waals surface area contributed by atoms with Gasteiger partial charge in [-0.15, -0.1) is 0 Å². The summed E-state index contributed by atoms with van der Waals surface area (Å²) < 4.78 is 46.1. The minimum atomic E-state index is -0.702. The Labute approximate surface area is 205 Å². The van der Waals surface area contributed by atoms with Gasteiger partial charge in [0.25, 0.3) is 5.91 Å². The minimum absolute atomic E-state index is 0.146. The Balaban J connectivity index is 1.44. The quantitative estimate of drug-likeness (QED) is 0.403. The zero-order chi connectivity index (χ0) is 25.4. The van der Waals surface area contributed by atoms with Crippen molar-refractivity contribution in [1.82, 2.24) is 14.9 Å². The maximum atomic E-state index is 14.1. The molecule has 2 aromatic heterocycles. The van der Waals surface area contributed by atoms with Gasteiger partial charge in [-0.1, -0.05) is 12.1 Å². The van der Waals surface area contributed by atoms with E-state index in [1.54, 1.807) is 31.2 Å². The molecule has 0 fully saturated rings. The highest BCUT2D eigenvalue weighted by Gasteiger charge is 2.24. The van der Waals surface area contributed by atoms with E-state index < -0.39 is 17.7 Å². The topological polar surface area (TPSA) is 100 Å². The number of amides is 1. The van der Waals surface area contributed by atoms with E-state index >= 15 is 0 Å². The van der Waals surface area contributed by atoms with Crippen molar-refractivity contribution in [2.24, 2.45) is 5.73 Å². The van der Waals surface area contributed by atoms with Crippen LogP contribution in [0.25, 0.3) is 5.52 Å². The van der Waals surface area contributed by atoms with E-state index in [-0.39, 0.29) is 37.3 Å². The largest absolute Gasteiger partial charge is 0.473 e. The van der Waals surface area contributed by atoms with Gasteiger partial charge in [-0.2, -0.15) is 9.61 Å². The number of ether oxygens (including phenoxy) is 3. The highest BCUT2D eigenvalue weighted by atomic mass is 19.1. The number of halogens is 2. The van der Waals surface area contributed by atoms with Crippen molar-refractivity contribution in [2.75, 3.05) is 13.3 Å². The third kappa shape index (κ3) is 4.31. The van der Waals surface area contributed by atoms with E-state index in [4.69, 9.17) is 19.9 Å². The molecule has 0 bridgehead atoms. The Morgan fingerprint density at radius 1 is 1.14 bits per heavy atom. The van der Waals surface area contributed by atoms with Gasteiger partial charge < -0.3 is 25.3 Å². The molecule has 4 aromatic rings. The highest BCUT2D eigenvalue weighted by Crippen LogP contribution is 2.34. The molecule has 2 aromatic carbocycles. The van der Waals surface area contributed by atoms with Crippen molar-refractivity contribution in [1.29, 1.82) is 0 Å². The average Bonchev–Trinajstić information content (AvgIpc) is 3.45.